The van der Waals surface area contributed by atoms with Gasteiger partial charge in [0.1, 0.15) is 17.8 Å². The van der Waals surface area contributed by atoms with Gasteiger partial charge in [0.15, 0.2) is 0 Å². The predicted molar refractivity (Wildman–Crippen MR) is 50.5 cm³/mol. The zero-order chi connectivity index (χ0) is 9.64. The number of rotatable bonds is 2. The first kappa shape index (κ1) is 9.12. The van der Waals surface area contributed by atoms with Crippen molar-refractivity contribution in [2.45, 2.75) is 30.3 Å². The molecule has 1 aliphatic rings. The second kappa shape index (κ2) is 2.77. The van der Waals surface area contributed by atoms with Crippen molar-refractivity contribution in [2.24, 2.45) is 7.05 Å². The summed E-state index contributed by atoms with van der Waals surface area (Å²) in [6.45, 7) is 1.89. The lowest BCUT2D eigenvalue weighted by atomic mass is 10.1. The van der Waals surface area contributed by atoms with Gasteiger partial charge in [0.25, 0.3) is 0 Å². The van der Waals surface area contributed by atoms with Crippen LogP contribution in [0.5, 0.6) is 0 Å². The molecular weight excluding hydrogens is 237 g/mol. The molecule has 2 unspecified atom stereocenters. The fourth-order valence-corrected chi connectivity index (χ4v) is 2.01. The van der Waals surface area contributed by atoms with Crippen LogP contribution in [-0.2, 0) is 17.8 Å². The van der Waals surface area contributed by atoms with Crippen LogP contribution in [0.3, 0.4) is 0 Å². The predicted octanol–water partition coefficient (Wildman–Crippen LogP) is 1.71. The normalized spacial score (nSPS) is 32.2. The molecular formula is C8H11BrFN3. The number of alkyl halides is 2. The minimum Gasteiger partial charge on any atom is -0.317 e. The van der Waals surface area contributed by atoms with Crippen molar-refractivity contribution >= 4 is 15.9 Å². The molecule has 1 saturated carbocycles. The Morgan fingerprint density at radius 3 is 2.69 bits per heavy atom. The summed E-state index contributed by atoms with van der Waals surface area (Å²) in [6.07, 6.45) is -0.181. The van der Waals surface area contributed by atoms with Gasteiger partial charge < -0.3 is 4.57 Å². The van der Waals surface area contributed by atoms with Crippen LogP contribution < -0.4 is 0 Å². The summed E-state index contributed by atoms with van der Waals surface area (Å²) in [4.78, 5) is 0. The van der Waals surface area contributed by atoms with Crippen molar-refractivity contribution in [2.75, 3.05) is 0 Å². The maximum atomic E-state index is 13.0. The summed E-state index contributed by atoms with van der Waals surface area (Å²) in [7, 11) is 1.88. The Kier molecular flexibility index (Phi) is 1.94. The standard InChI is InChI=1S/C8H11BrFN3/c1-8(3-5(8)10)7-12-11-6(4-9)13(7)2/h5H,3-4H2,1-2H3. The Labute approximate surface area is 84.5 Å². The highest BCUT2D eigenvalue weighted by molar-refractivity contribution is 9.08. The SMILES string of the molecule is Cn1c(CBr)nnc1C1(C)CC1F. The van der Waals surface area contributed by atoms with Crippen LogP contribution in [-0.4, -0.2) is 20.9 Å². The van der Waals surface area contributed by atoms with E-state index in [1.165, 1.54) is 0 Å². The summed E-state index contributed by atoms with van der Waals surface area (Å²) in [5.41, 5.74) is -0.387. The minimum absolute atomic E-state index is 0.387. The van der Waals surface area contributed by atoms with Gasteiger partial charge in [-0.15, -0.1) is 10.2 Å². The lowest BCUT2D eigenvalue weighted by Crippen LogP contribution is -2.13. The van der Waals surface area contributed by atoms with Crippen molar-refractivity contribution in [1.29, 1.82) is 0 Å². The molecule has 1 heterocycles. The molecule has 5 heteroatoms. The van der Waals surface area contributed by atoms with Gasteiger partial charge in [-0.1, -0.05) is 15.9 Å². The van der Waals surface area contributed by atoms with Crippen LogP contribution in [0.25, 0.3) is 0 Å². The molecule has 0 spiro atoms. The highest BCUT2D eigenvalue weighted by Gasteiger charge is 2.55. The zero-order valence-electron chi connectivity index (χ0n) is 7.59. The molecule has 0 N–H and O–H groups in total. The van der Waals surface area contributed by atoms with Gasteiger partial charge in [0.2, 0.25) is 0 Å². The van der Waals surface area contributed by atoms with Gasteiger partial charge in [-0.05, 0) is 13.3 Å². The third-order valence-electron chi connectivity index (χ3n) is 2.73. The second-order valence-electron chi connectivity index (χ2n) is 3.72. The summed E-state index contributed by atoms with van der Waals surface area (Å²) < 4.78 is 14.9. The first-order valence-corrected chi connectivity index (χ1v) is 5.30. The Morgan fingerprint density at radius 2 is 2.31 bits per heavy atom. The van der Waals surface area contributed by atoms with E-state index >= 15 is 0 Å². The second-order valence-corrected chi connectivity index (χ2v) is 4.28. The molecule has 0 saturated heterocycles. The fourth-order valence-electron chi connectivity index (χ4n) is 1.52. The topological polar surface area (TPSA) is 30.7 Å². The monoisotopic (exact) mass is 247 g/mol. The molecule has 1 aromatic heterocycles. The van der Waals surface area contributed by atoms with Gasteiger partial charge in [-0.2, -0.15) is 0 Å². The van der Waals surface area contributed by atoms with E-state index in [1.54, 1.807) is 0 Å². The number of hydrogen-bond donors (Lipinski definition) is 0. The average molecular weight is 248 g/mol. The van der Waals surface area contributed by atoms with E-state index in [0.29, 0.717) is 11.8 Å². The van der Waals surface area contributed by atoms with Crippen molar-refractivity contribution < 1.29 is 4.39 Å². The van der Waals surface area contributed by atoms with E-state index in [0.717, 1.165) is 11.6 Å². The molecule has 2 rings (SSSR count). The molecule has 0 amide bonds. The Hall–Kier alpha value is -0.450. The molecule has 0 aliphatic heterocycles. The van der Waals surface area contributed by atoms with Crippen molar-refractivity contribution in [3.05, 3.63) is 11.6 Å². The maximum Gasteiger partial charge on any atom is 0.143 e. The first-order valence-electron chi connectivity index (χ1n) is 4.18. The summed E-state index contributed by atoms with van der Waals surface area (Å²) in [6, 6.07) is 0. The third kappa shape index (κ3) is 1.21. The quantitative estimate of drug-likeness (QED) is 0.746. The van der Waals surface area contributed by atoms with Crippen LogP contribution in [0.1, 0.15) is 25.0 Å². The lowest BCUT2D eigenvalue weighted by Gasteiger charge is -2.07. The van der Waals surface area contributed by atoms with E-state index in [4.69, 9.17) is 0 Å². The molecule has 3 nitrogen and oxygen atoms in total. The van der Waals surface area contributed by atoms with Gasteiger partial charge in [0, 0.05) is 7.05 Å². The Bertz CT molecular complexity index is 338. The molecule has 0 bridgehead atoms. The fraction of sp³-hybridized carbons (Fsp3) is 0.750. The smallest absolute Gasteiger partial charge is 0.143 e. The lowest BCUT2D eigenvalue weighted by molar-refractivity contribution is 0.419. The summed E-state index contributed by atoms with van der Waals surface area (Å²) in [5.74, 6) is 1.60. The maximum absolute atomic E-state index is 13.0. The molecule has 2 atom stereocenters. The Morgan fingerprint density at radius 1 is 1.69 bits per heavy atom. The number of aromatic nitrogens is 3. The summed E-state index contributed by atoms with van der Waals surface area (Å²) >= 11 is 3.31. The molecule has 72 valence electrons. The van der Waals surface area contributed by atoms with E-state index in [9.17, 15) is 4.39 Å². The Balaban J connectivity index is 2.37. The first-order chi connectivity index (χ1) is 6.09. The average Bonchev–Trinajstić information content (AvgIpc) is 2.56. The van der Waals surface area contributed by atoms with Crippen molar-refractivity contribution in [3.8, 4) is 0 Å². The largest absolute Gasteiger partial charge is 0.317 e. The molecule has 1 aromatic rings. The van der Waals surface area contributed by atoms with Crippen LogP contribution >= 0.6 is 15.9 Å². The summed E-state index contributed by atoms with van der Waals surface area (Å²) in [5, 5.41) is 8.64. The highest BCUT2D eigenvalue weighted by Crippen LogP contribution is 2.49. The van der Waals surface area contributed by atoms with E-state index in [1.807, 2.05) is 18.5 Å². The van der Waals surface area contributed by atoms with Crippen molar-refractivity contribution in [1.82, 2.24) is 14.8 Å². The van der Waals surface area contributed by atoms with E-state index in [-0.39, 0.29) is 5.41 Å². The number of hydrogen-bond acceptors (Lipinski definition) is 2. The van der Waals surface area contributed by atoms with Gasteiger partial charge in [-0.3, -0.25) is 0 Å². The molecule has 13 heavy (non-hydrogen) atoms. The van der Waals surface area contributed by atoms with E-state index in [2.05, 4.69) is 26.1 Å². The number of halogens is 2. The van der Waals surface area contributed by atoms with Crippen LogP contribution in [0.15, 0.2) is 0 Å². The van der Waals surface area contributed by atoms with E-state index < -0.39 is 6.17 Å². The van der Waals surface area contributed by atoms with Crippen LogP contribution in [0, 0.1) is 0 Å². The zero-order valence-corrected chi connectivity index (χ0v) is 9.18. The van der Waals surface area contributed by atoms with Crippen LogP contribution in [0.2, 0.25) is 0 Å². The molecule has 1 aliphatic carbocycles. The van der Waals surface area contributed by atoms with Crippen LogP contribution in [0.4, 0.5) is 4.39 Å². The highest BCUT2D eigenvalue weighted by atomic mass is 79.9. The molecule has 0 radical (unpaired) electrons. The van der Waals surface area contributed by atoms with Gasteiger partial charge in [0.05, 0.1) is 10.7 Å². The number of nitrogens with zero attached hydrogens (tertiary/aromatic N) is 3. The van der Waals surface area contributed by atoms with Gasteiger partial charge >= 0.3 is 0 Å². The molecule has 1 fully saturated rings. The van der Waals surface area contributed by atoms with Crippen molar-refractivity contribution in [3.63, 3.8) is 0 Å². The van der Waals surface area contributed by atoms with Gasteiger partial charge in [-0.25, -0.2) is 4.39 Å². The molecule has 0 aromatic carbocycles. The minimum atomic E-state index is -0.751. The third-order valence-corrected chi connectivity index (χ3v) is 3.23.